The number of carbonyl (C=O) groups excluding carboxylic acids is 3. The van der Waals surface area contributed by atoms with E-state index in [4.69, 9.17) is 18.9 Å². The second-order valence-electron chi connectivity index (χ2n) is 10.1. The average molecular weight is 601 g/mol. The number of hydrogen-bond donors (Lipinski definition) is 0. The molecule has 0 N–H and O–H groups in total. The van der Waals surface area contributed by atoms with Gasteiger partial charge in [-0.25, -0.2) is 9.59 Å². The highest BCUT2D eigenvalue weighted by Gasteiger charge is 2.27. The summed E-state index contributed by atoms with van der Waals surface area (Å²) < 4.78 is 21.7. The first-order valence-corrected chi connectivity index (χ1v) is 15.1. The van der Waals surface area contributed by atoms with Gasteiger partial charge in [0.25, 0.3) is 0 Å². The summed E-state index contributed by atoms with van der Waals surface area (Å²) in [6, 6.07) is 17.7. The molecule has 4 rings (SSSR count). The van der Waals surface area contributed by atoms with Gasteiger partial charge in [-0.15, -0.1) is 0 Å². The van der Waals surface area contributed by atoms with Crippen molar-refractivity contribution in [3.05, 3.63) is 102 Å². The molecule has 3 aromatic rings. The number of hydrogen-bond acceptors (Lipinski definition) is 8. The minimum absolute atomic E-state index is 0.0224. The smallest absolute Gasteiger partial charge is 0.330 e. The molecular formula is C35H36O7S. The van der Waals surface area contributed by atoms with Crippen LogP contribution in [0.5, 0.6) is 11.5 Å². The standard InChI is InChI=1S/C35H36O7S/c1-5-33(36)41-17-8-7-16-39-26-11-14-29-28-13-10-25(21-30(28)24(4)31(29)22-26)35(38)43-27-12-15-32(23(3)20-27)40-18-9-19-42-34(37)6-2/h5-6,10-15,20-22,24H,1-2,7-9,16-19H2,3-4H3. The van der Waals surface area contributed by atoms with Crippen molar-refractivity contribution in [3.8, 4) is 22.6 Å². The van der Waals surface area contributed by atoms with Crippen LogP contribution < -0.4 is 9.47 Å². The zero-order valence-corrected chi connectivity index (χ0v) is 25.4. The van der Waals surface area contributed by atoms with Crippen LogP contribution in [-0.4, -0.2) is 43.5 Å². The number of fused-ring (bicyclic) bond motifs is 3. The number of thioether (sulfide) groups is 1. The summed E-state index contributed by atoms with van der Waals surface area (Å²) in [5, 5.41) is -0.0224. The van der Waals surface area contributed by atoms with Gasteiger partial charge in [0, 0.05) is 34.9 Å². The molecule has 0 spiro atoms. The van der Waals surface area contributed by atoms with Gasteiger partial charge in [-0.1, -0.05) is 32.2 Å². The molecule has 7 nitrogen and oxygen atoms in total. The number of benzene rings is 3. The molecule has 0 aliphatic heterocycles. The van der Waals surface area contributed by atoms with Gasteiger partial charge in [0.05, 0.1) is 26.4 Å². The Morgan fingerprint density at radius 1 is 0.767 bits per heavy atom. The number of esters is 2. The van der Waals surface area contributed by atoms with Crippen LogP contribution in [0.1, 0.15) is 59.2 Å². The maximum Gasteiger partial charge on any atom is 0.330 e. The molecule has 0 radical (unpaired) electrons. The SMILES string of the molecule is C=CC(=O)OCCCCOc1ccc2c(c1)C(C)c1cc(C(=O)Sc3ccc(OCCCOC(=O)C=C)c(C)c3)ccc1-2. The second kappa shape index (κ2) is 15.3. The molecule has 0 aromatic heterocycles. The first-order valence-electron chi connectivity index (χ1n) is 14.3. The Kier molecular flexibility index (Phi) is 11.2. The Labute approximate surface area is 256 Å². The third kappa shape index (κ3) is 8.38. The molecule has 0 saturated carbocycles. The molecule has 1 unspecified atom stereocenters. The van der Waals surface area contributed by atoms with Crippen molar-refractivity contribution in [1.29, 1.82) is 0 Å². The molecule has 1 aliphatic carbocycles. The summed E-state index contributed by atoms with van der Waals surface area (Å²) in [5.41, 5.74) is 6.17. The van der Waals surface area contributed by atoms with Gasteiger partial charge in [-0.3, -0.25) is 4.79 Å². The predicted molar refractivity (Wildman–Crippen MR) is 168 cm³/mol. The molecule has 3 aromatic carbocycles. The van der Waals surface area contributed by atoms with Gasteiger partial charge in [0.1, 0.15) is 11.5 Å². The van der Waals surface area contributed by atoms with Crippen molar-refractivity contribution in [2.24, 2.45) is 0 Å². The summed E-state index contributed by atoms with van der Waals surface area (Å²) >= 11 is 1.19. The van der Waals surface area contributed by atoms with Gasteiger partial charge in [0.15, 0.2) is 0 Å². The maximum atomic E-state index is 13.2. The molecule has 8 heteroatoms. The van der Waals surface area contributed by atoms with Crippen molar-refractivity contribution in [1.82, 2.24) is 0 Å². The summed E-state index contributed by atoms with van der Waals surface area (Å²) in [6.45, 7) is 12.4. The molecular weight excluding hydrogens is 564 g/mol. The van der Waals surface area contributed by atoms with Crippen LogP contribution in [0.3, 0.4) is 0 Å². The normalized spacial score (nSPS) is 12.9. The Hall–Kier alpha value is -4.30. The van der Waals surface area contributed by atoms with Crippen LogP contribution in [0.4, 0.5) is 0 Å². The highest BCUT2D eigenvalue weighted by atomic mass is 32.2. The Bertz CT molecular complexity index is 1510. The fourth-order valence-corrected chi connectivity index (χ4v) is 5.64. The van der Waals surface area contributed by atoms with Gasteiger partial charge < -0.3 is 18.9 Å². The van der Waals surface area contributed by atoms with E-state index in [0.717, 1.165) is 63.6 Å². The Morgan fingerprint density at radius 3 is 2.09 bits per heavy atom. The molecule has 0 heterocycles. The van der Waals surface area contributed by atoms with Crippen LogP contribution in [-0.2, 0) is 19.1 Å². The first-order chi connectivity index (χ1) is 20.8. The first kappa shape index (κ1) is 31.6. The van der Waals surface area contributed by atoms with Gasteiger partial charge in [-0.2, -0.15) is 0 Å². The predicted octanol–water partition coefficient (Wildman–Crippen LogP) is 7.45. The molecule has 0 saturated heterocycles. The van der Waals surface area contributed by atoms with Crippen molar-refractivity contribution in [2.75, 3.05) is 26.4 Å². The molecule has 1 atom stereocenters. The second-order valence-corrected chi connectivity index (χ2v) is 11.1. The molecule has 43 heavy (non-hydrogen) atoms. The van der Waals surface area contributed by atoms with Crippen molar-refractivity contribution < 1.29 is 33.3 Å². The van der Waals surface area contributed by atoms with Crippen molar-refractivity contribution in [2.45, 2.75) is 43.9 Å². The maximum absolute atomic E-state index is 13.2. The van der Waals surface area contributed by atoms with E-state index in [9.17, 15) is 14.4 Å². The minimum Gasteiger partial charge on any atom is -0.494 e. The van der Waals surface area contributed by atoms with Gasteiger partial charge in [0.2, 0.25) is 5.12 Å². The number of rotatable bonds is 15. The van der Waals surface area contributed by atoms with E-state index in [0.29, 0.717) is 31.8 Å². The quantitative estimate of drug-likeness (QED) is 0.0770. The van der Waals surface area contributed by atoms with Crippen molar-refractivity contribution in [3.63, 3.8) is 0 Å². The number of aryl methyl sites for hydroxylation is 1. The Balaban J connectivity index is 1.31. The minimum atomic E-state index is -0.446. The molecule has 0 fully saturated rings. The lowest BCUT2D eigenvalue weighted by molar-refractivity contribution is -0.138. The van der Waals surface area contributed by atoms with Crippen LogP contribution in [0.15, 0.2) is 84.8 Å². The summed E-state index contributed by atoms with van der Waals surface area (Å²) in [5.74, 6) is 0.800. The van der Waals surface area contributed by atoms with Crippen molar-refractivity contribution >= 4 is 28.8 Å². The van der Waals surface area contributed by atoms with Crippen LogP contribution in [0, 0.1) is 6.92 Å². The van der Waals surface area contributed by atoms with E-state index in [1.807, 2.05) is 49.4 Å². The molecule has 0 amide bonds. The van der Waals surface area contributed by atoms with Gasteiger partial charge in [-0.05, 0) is 102 Å². The summed E-state index contributed by atoms with van der Waals surface area (Å²) in [6.07, 6.45) is 4.35. The van der Waals surface area contributed by atoms with E-state index in [2.05, 4.69) is 32.2 Å². The third-order valence-corrected chi connectivity index (χ3v) is 7.98. The van der Waals surface area contributed by atoms with Crippen LogP contribution >= 0.6 is 11.8 Å². The number of carbonyl (C=O) groups is 3. The monoisotopic (exact) mass is 600 g/mol. The number of unbranched alkanes of at least 4 members (excludes halogenated alkanes) is 1. The zero-order valence-electron chi connectivity index (χ0n) is 24.6. The fraction of sp³-hybridized carbons (Fsp3) is 0.286. The zero-order chi connectivity index (χ0) is 30.8. The van der Waals surface area contributed by atoms with E-state index in [-0.39, 0.29) is 17.6 Å². The van der Waals surface area contributed by atoms with E-state index in [1.54, 1.807) is 0 Å². The van der Waals surface area contributed by atoms with E-state index >= 15 is 0 Å². The fourth-order valence-electron chi connectivity index (χ4n) is 4.81. The Morgan fingerprint density at radius 2 is 1.40 bits per heavy atom. The molecule has 224 valence electrons. The highest BCUT2D eigenvalue weighted by molar-refractivity contribution is 8.14. The summed E-state index contributed by atoms with van der Waals surface area (Å²) in [7, 11) is 0. The molecule has 1 aliphatic rings. The largest absolute Gasteiger partial charge is 0.494 e. The lowest BCUT2D eigenvalue weighted by Gasteiger charge is -2.11. The van der Waals surface area contributed by atoms with Crippen LogP contribution in [0.2, 0.25) is 0 Å². The van der Waals surface area contributed by atoms with Crippen LogP contribution in [0.25, 0.3) is 11.1 Å². The number of ether oxygens (including phenoxy) is 4. The topological polar surface area (TPSA) is 88.1 Å². The molecule has 0 bridgehead atoms. The van der Waals surface area contributed by atoms with Gasteiger partial charge >= 0.3 is 11.9 Å². The third-order valence-electron chi connectivity index (χ3n) is 7.07. The lowest BCUT2D eigenvalue weighted by atomic mass is 9.98. The summed E-state index contributed by atoms with van der Waals surface area (Å²) in [4.78, 5) is 36.3. The van der Waals surface area contributed by atoms with E-state index in [1.165, 1.54) is 17.3 Å². The lowest BCUT2D eigenvalue weighted by Crippen LogP contribution is -2.07. The highest BCUT2D eigenvalue weighted by Crippen LogP contribution is 2.46. The average Bonchev–Trinajstić information content (AvgIpc) is 3.29. The van der Waals surface area contributed by atoms with E-state index < -0.39 is 11.9 Å².